The molecule has 29 heavy (non-hydrogen) atoms. The van der Waals surface area contributed by atoms with Crippen LogP contribution in [0.2, 0.25) is 0 Å². The van der Waals surface area contributed by atoms with Crippen LogP contribution in [0.4, 0.5) is 0 Å². The van der Waals surface area contributed by atoms with Crippen molar-refractivity contribution in [3.05, 3.63) is 72.4 Å². The van der Waals surface area contributed by atoms with E-state index < -0.39 is 0 Å². The number of hydrogen-bond donors (Lipinski definition) is 0. The Hall–Kier alpha value is -3.94. The Balaban J connectivity index is 1.52. The van der Waals surface area contributed by atoms with Crippen LogP contribution in [-0.2, 0) is 6.42 Å². The average Bonchev–Trinajstić information content (AvgIpc) is 3.38. The fourth-order valence-electron chi connectivity index (χ4n) is 3.28. The van der Waals surface area contributed by atoms with Crippen molar-refractivity contribution >= 4 is 16.7 Å². The Labute approximate surface area is 166 Å². The van der Waals surface area contributed by atoms with E-state index in [2.05, 4.69) is 15.2 Å². The van der Waals surface area contributed by atoms with Gasteiger partial charge in [0.15, 0.2) is 17.1 Å². The first-order chi connectivity index (χ1) is 14.2. The quantitative estimate of drug-likeness (QED) is 0.462. The minimum absolute atomic E-state index is 0.625. The van der Waals surface area contributed by atoms with E-state index in [1.54, 1.807) is 35.9 Å². The summed E-state index contributed by atoms with van der Waals surface area (Å²) in [5.74, 6) is 2.34. The highest BCUT2D eigenvalue weighted by Gasteiger charge is 2.14. The molecule has 0 aliphatic heterocycles. The van der Waals surface area contributed by atoms with Gasteiger partial charge in [0.25, 0.3) is 0 Å². The van der Waals surface area contributed by atoms with Crippen LogP contribution in [-0.4, -0.2) is 43.6 Å². The van der Waals surface area contributed by atoms with E-state index >= 15 is 0 Å². The van der Waals surface area contributed by atoms with Crippen LogP contribution in [0, 0.1) is 0 Å². The van der Waals surface area contributed by atoms with Gasteiger partial charge < -0.3 is 9.47 Å². The summed E-state index contributed by atoms with van der Waals surface area (Å²) in [6.45, 7) is 0. The number of nitrogens with zero attached hydrogens (tertiary/aromatic N) is 6. The smallest absolute Gasteiger partial charge is 0.170 e. The van der Waals surface area contributed by atoms with Gasteiger partial charge in [-0.1, -0.05) is 12.1 Å². The lowest BCUT2D eigenvalue weighted by Gasteiger charge is -2.04. The number of ether oxygens (including phenoxy) is 2. The summed E-state index contributed by atoms with van der Waals surface area (Å²) >= 11 is 0. The molecular weight excluding hydrogens is 368 g/mol. The average molecular weight is 386 g/mol. The van der Waals surface area contributed by atoms with Crippen LogP contribution in [0.15, 0.2) is 61.1 Å². The molecule has 0 aliphatic rings. The lowest BCUT2D eigenvalue weighted by molar-refractivity contribution is 0.414. The first-order valence-electron chi connectivity index (χ1n) is 9.10. The maximum absolute atomic E-state index is 5.22. The standard InChI is InChI=1S/C21H18N6O2/c1-28-16-7-3-14(4-8-16)11-19-24-21-18-12-23-27(20(18)22-13-26(21)25-19)15-5-9-17(29-2)10-6-15/h3-10,12-13H,11H2,1-2H3. The summed E-state index contributed by atoms with van der Waals surface area (Å²) < 4.78 is 13.9. The predicted octanol–water partition coefficient (Wildman–Crippen LogP) is 3.07. The fraction of sp³-hybridized carbons (Fsp3) is 0.143. The molecule has 0 amide bonds. The Bertz CT molecular complexity index is 1290. The molecule has 144 valence electrons. The molecule has 5 aromatic rings. The molecule has 8 nitrogen and oxygen atoms in total. The Morgan fingerprint density at radius 1 is 0.862 bits per heavy atom. The first kappa shape index (κ1) is 17.2. The number of rotatable bonds is 5. The summed E-state index contributed by atoms with van der Waals surface area (Å²) in [6.07, 6.45) is 4.07. The van der Waals surface area contributed by atoms with E-state index in [0.29, 0.717) is 6.42 Å². The van der Waals surface area contributed by atoms with Gasteiger partial charge in [0.1, 0.15) is 17.8 Å². The third kappa shape index (κ3) is 3.04. The lowest BCUT2D eigenvalue weighted by Crippen LogP contribution is -1.99. The molecule has 0 unspecified atom stereocenters. The van der Waals surface area contributed by atoms with Gasteiger partial charge in [0, 0.05) is 6.42 Å². The molecule has 0 aliphatic carbocycles. The van der Waals surface area contributed by atoms with Gasteiger partial charge in [0.05, 0.1) is 31.5 Å². The molecule has 0 saturated carbocycles. The zero-order valence-corrected chi connectivity index (χ0v) is 16.0. The summed E-state index contributed by atoms with van der Waals surface area (Å²) in [7, 11) is 3.30. The summed E-state index contributed by atoms with van der Waals surface area (Å²) in [5.41, 5.74) is 3.47. The van der Waals surface area contributed by atoms with Crippen LogP contribution in [0.1, 0.15) is 11.4 Å². The van der Waals surface area contributed by atoms with Crippen molar-refractivity contribution in [2.75, 3.05) is 14.2 Å². The number of hydrogen-bond acceptors (Lipinski definition) is 6. The first-order valence-corrected chi connectivity index (χ1v) is 9.10. The largest absolute Gasteiger partial charge is 0.497 e. The third-order valence-electron chi connectivity index (χ3n) is 4.79. The Kier molecular flexibility index (Phi) is 4.09. The molecule has 2 aromatic carbocycles. The van der Waals surface area contributed by atoms with Crippen molar-refractivity contribution in [1.82, 2.24) is 29.4 Å². The molecule has 0 N–H and O–H groups in total. The molecule has 3 aromatic heterocycles. The predicted molar refractivity (Wildman–Crippen MR) is 108 cm³/mol. The van der Waals surface area contributed by atoms with E-state index in [-0.39, 0.29) is 0 Å². The second-order valence-electron chi connectivity index (χ2n) is 6.56. The normalized spacial score (nSPS) is 11.2. The second-order valence-corrected chi connectivity index (χ2v) is 6.56. The zero-order chi connectivity index (χ0) is 19.8. The Morgan fingerprint density at radius 2 is 1.55 bits per heavy atom. The molecule has 3 heterocycles. The van der Waals surface area contributed by atoms with E-state index in [1.165, 1.54) is 0 Å². The van der Waals surface area contributed by atoms with Gasteiger partial charge in [0.2, 0.25) is 0 Å². The second kappa shape index (κ2) is 6.90. The van der Waals surface area contributed by atoms with Gasteiger partial charge in [-0.05, 0) is 42.0 Å². The van der Waals surface area contributed by atoms with Crippen LogP contribution in [0.5, 0.6) is 11.5 Å². The van der Waals surface area contributed by atoms with E-state index in [0.717, 1.165) is 45.3 Å². The van der Waals surface area contributed by atoms with Crippen LogP contribution < -0.4 is 9.47 Å². The van der Waals surface area contributed by atoms with E-state index in [9.17, 15) is 0 Å². The highest BCUT2D eigenvalue weighted by Crippen LogP contribution is 2.22. The summed E-state index contributed by atoms with van der Waals surface area (Å²) in [6, 6.07) is 15.6. The van der Waals surface area contributed by atoms with Crippen molar-refractivity contribution in [2.45, 2.75) is 6.42 Å². The highest BCUT2D eigenvalue weighted by atomic mass is 16.5. The fourth-order valence-corrected chi connectivity index (χ4v) is 3.28. The lowest BCUT2D eigenvalue weighted by atomic mass is 10.1. The molecule has 0 atom stereocenters. The van der Waals surface area contributed by atoms with Crippen molar-refractivity contribution in [3.63, 3.8) is 0 Å². The van der Waals surface area contributed by atoms with Crippen molar-refractivity contribution in [3.8, 4) is 17.2 Å². The maximum Gasteiger partial charge on any atom is 0.170 e. The molecule has 0 fully saturated rings. The molecule has 8 heteroatoms. The maximum atomic E-state index is 5.22. The molecule has 0 saturated heterocycles. The minimum Gasteiger partial charge on any atom is -0.497 e. The number of fused-ring (bicyclic) bond motifs is 3. The summed E-state index contributed by atoms with van der Waals surface area (Å²) in [5, 5.41) is 9.91. The third-order valence-corrected chi connectivity index (χ3v) is 4.79. The topological polar surface area (TPSA) is 79.4 Å². The molecular formula is C21H18N6O2. The van der Waals surface area contributed by atoms with Gasteiger partial charge in [-0.2, -0.15) is 5.10 Å². The molecule has 5 rings (SSSR count). The van der Waals surface area contributed by atoms with Gasteiger partial charge >= 0.3 is 0 Å². The number of benzene rings is 2. The van der Waals surface area contributed by atoms with Crippen molar-refractivity contribution < 1.29 is 9.47 Å². The highest BCUT2D eigenvalue weighted by molar-refractivity contribution is 5.89. The summed E-state index contributed by atoms with van der Waals surface area (Å²) in [4.78, 5) is 9.26. The van der Waals surface area contributed by atoms with Crippen LogP contribution in [0.25, 0.3) is 22.4 Å². The van der Waals surface area contributed by atoms with Crippen LogP contribution in [0.3, 0.4) is 0 Å². The number of methoxy groups -OCH3 is 2. The SMILES string of the molecule is COc1ccc(Cc2nc3c4cnn(-c5ccc(OC)cc5)c4ncn3n2)cc1. The van der Waals surface area contributed by atoms with E-state index in [1.807, 2.05) is 48.5 Å². The molecule has 0 bridgehead atoms. The van der Waals surface area contributed by atoms with Gasteiger partial charge in [-0.25, -0.2) is 19.2 Å². The van der Waals surface area contributed by atoms with Gasteiger partial charge in [-0.3, -0.25) is 0 Å². The van der Waals surface area contributed by atoms with Crippen molar-refractivity contribution in [2.24, 2.45) is 0 Å². The molecule has 0 spiro atoms. The van der Waals surface area contributed by atoms with E-state index in [4.69, 9.17) is 14.5 Å². The molecule has 0 radical (unpaired) electrons. The zero-order valence-electron chi connectivity index (χ0n) is 16.0. The number of aromatic nitrogens is 6. The monoisotopic (exact) mass is 386 g/mol. The minimum atomic E-state index is 0.625. The van der Waals surface area contributed by atoms with Gasteiger partial charge in [-0.15, -0.1) is 5.10 Å². The Morgan fingerprint density at radius 3 is 2.24 bits per heavy atom. The van der Waals surface area contributed by atoms with Crippen molar-refractivity contribution in [1.29, 1.82) is 0 Å². The van der Waals surface area contributed by atoms with Crippen LogP contribution >= 0.6 is 0 Å².